The van der Waals surface area contributed by atoms with Gasteiger partial charge >= 0.3 is 0 Å². The largest absolute Gasteiger partial charge is 0.497 e. The van der Waals surface area contributed by atoms with Gasteiger partial charge in [-0.3, -0.25) is 9.59 Å². The molecular weight excluding hydrogens is 366 g/mol. The van der Waals surface area contributed by atoms with Crippen molar-refractivity contribution in [2.45, 2.75) is 27.7 Å². The van der Waals surface area contributed by atoms with E-state index in [2.05, 4.69) is 10.6 Å². The number of carbonyl (C=O) groups excluding carboxylic acids is 2. The highest BCUT2D eigenvalue weighted by Crippen LogP contribution is 2.26. The molecule has 6 nitrogen and oxygen atoms in total. The Hall–Kier alpha value is -3.54. The molecule has 0 bridgehead atoms. The lowest BCUT2D eigenvalue weighted by molar-refractivity contribution is -0.114. The number of benzene rings is 2. The van der Waals surface area contributed by atoms with Gasteiger partial charge in [-0.25, -0.2) is 0 Å². The summed E-state index contributed by atoms with van der Waals surface area (Å²) >= 11 is 0. The fourth-order valence-corrected chi connectivity index (χ4v) is 3.37. The third kappa shape index (κ3) is 4.32. The standard InChI is InChI=1S/C23H25N3O3/c1-14-6-11-21(24-17(4)27)22(12-14)25-23(28)20-13-15(2)26(16(20)3)18-7-9-19(29-5)10-8-18/h6-13H,1-5H3,(H,24,27)(H,25,28). The monoisotopic (exact) mass is 391 g/mol. The average molecular weight is 391 g/mol. The molecule has 6 heteroatoms. The first kappa shape index (κ1) is 20.2. The van der Waals surface area contributed by atoms with E-state index in [1.807, 2.05) is 67.8 Å². The van der Waals surface area contributed by atoms with Crippen LogP contribution in [-0.2, 0) is 4.79 Å². The highest BCUT2D eigenvalue weighted by Gasteiger charge is 2.18. The topological polar surface area (TPSA) is 72.4 Å². The number of methoxy groups -OCH3 is 1. The van der Waals surface area contributed by atoms with Crippen LogP contribution in [0.2, 0.25) is 0 Å². The Balaban J connectivity index is 1.93. The summed E-state index contributed by atoms with van der Waals surface area (Å²) in [5.74, 6) is 0.358. The Morgan fingerprint density at radius 3 is 2.21 bits per heavy atom. The van der Waals surface area contributed by atoms with Crippen LogP contribution >= 0.6 is 0 Å². The van der Waals surface area contributed by atoms with Crippen molar-refractivity contribution in [3.8, 4) is 11.4 Å². The van der Waals surface area contributed by atoms with Crippen LogP contribution in [0.25, 0.3) is 5.69 Å². The van der Waals surface area contributed by atoms with Crippen molar-refractivity contribution >= 4 is 23.2 Å². The summed E-state index contributed by atoms with van der Waals surface area (Å²) in [4.78, 5) is 24.5. The van der Waals surface area contributed by atoms with Crippen LogP contribution < -0.4 is 15.4 Å². The lowest BCUT2D eigenvalue weighted by Gasteiger charge is -2.13. The van der Waals surface area contributed by atoms with Gasteiger partial charge in [0.1, 0.15) is 5.75 Å². The zero-order chi connectivity index (χ0) is 21.1. The molecule has 0 aliphatic heterocycles. The van der Waals surface area contributed by atoms with Gasteiger partial charge in [-0.2, -0.15) is 0 Å². The lowest BCUT2D eigenvalue weighted by atomic mass is 10.1. The van der Waals surface area contributed by atoms with Crippen LogP contribution in [0.1, 0.15) is 34.2 Å². The lowest BCUT2D eigenvalue weighted by Crippen LogP contribution is -2.16. The van der Waals surface area contributed by atoms with Crippen molar-refractivity contribution in [2.75, 3.05) is 17.7 Å². The molecule has 150 valence electrons. The first-order valence-electron chi connectivity index (χ1n) is 9.33. The fourth-order valence-electron chi connectivity index (χ4n) is 3.37. The molecule has 0 atom stereocenters. The Bertz CT molecular complexity index is 1070. The molecule has 0 unspecified atom stereocenters. The maximum Gasteiger partial charge on any atom is 0.257 e. The van der Waals surface area contributed by atoms with Crippen molar-refractivity contribution in [2.24, 2.45) is 0 Å². The van der Waals surface area contributed by atoms with E-state index in [0.717, 1.165) is 28.4 Å². The average Bonchev–Trinajstić information content (AvgIpc) is 2.98. The van der Waals surface area contributed by atoms with Gasteiger partial charge < -0.3 is 19.9 Å². The summed E-state index contributed by atoms with van der Waals surface area (Å²) < 4.78 is 7.25. The molecule has 0 fully saturated rings. The summed E-state index contributed by atoms with van der Waals surface area (Å²) in [6, 6.07) is 15.1. The van der Waals surface area contributed by atoms with Crippen LogP contribution in [0.4, 0.5) is 11.4 Å². The Kier molecular flexibility index (Phi) is 5.73. The molecule has 0 radical (unpaired) electrons. The van der Waals surface area contributed by atoms with Crippen LogP contribution in [0.3, 0.4) is 0 Å². The zero-order valence-electron chi connectivity index (χ0n) is 17.3. The minimum atomic E-state index is -0.227. The molecule has 2 N–H and O–H groups in total. The number of nitrogens with one attached hydrogen (secondary N) is 2. The van der Waals surface area contributed by atoms with Crippen LogP contribution in [0, 0.1) is 20.8 Å². The molecule has 29 heavy (non-hydrogen) atoms. The van der Waals surface area contributed by atoms with E-state index in [4.69, 9.17) is 4.74 Å². The minimum absolute atomic E-state index is 0.193. The molecule has 3 rings (SSSR count). The van der Waals surface area contributed by atoms with Crippen molar-refractivity contribution < 1.29 is 14.3 Å². The van der Waals surface area contributed by atoms with Crippen molar-refractivity contribution in [1.29, 1.82) is 0 Å². The maximum absolute atomic E-state index is 13.0. The Morgan fingerprint density at radius 2 is 1.59 bits per heavy atom. The molecule has 0 saturated carbocycles. The quantitative estimate of drug-likeness (QED) is 0.666. The van der Waals surface area contributed by atoms with E-state index in [0.29, 0.717) is 16.9 Å². The Morgan fingerprint density at radius 1 is 0.897 bits per heavy atom. The van der Waals surface area contributed by atoms with Gasteiger partial charge in [0.15, 0.2) is 0 Å². The smallest absolute Gasteiger partial charge is 0.257 e. The van der Waals surface area contributed by atoms with Gasteiger partial charge in [0.05, 0.1) is 24.0 Å². The molecule has 0 aliphatic carbocycles. The van der Waals surface area contributed by atoms with Crippen molar-refractivity contribution in [3.63, 3.8) is 0 Å². The number of hydrogen-bond donors (Lipinski definition) is 2. The predicted octanol–water partition coefficient (Wildman–Crippen LogP) is 4.62. The first-order chi connectivity index (χ1) is 13.8. The number of nitrogens with zero attached hydrogens (tertiary/aromatic N) is 1. The number of ether oxygens (including phenoxy) is 1. The highest BCUT2D eigenvalue weighted by molar-refractivity contribution is 6.08. The van der Waals surface area contributed by atoms with E-state index in [1.54, 1.807) is 13.2 Å². The molecule has 0 spiro atoms. The summed E-state index contributed by atoms with van der Waals surface area (Å²) in [6.07, 6.45) is 0. The second kappa shape index (κ2) is 8.22. The molecule has 2 aromatic carbocycles. The van der Waals surface area contributed by atoms with Crippen LogP contribution in [0.15, 0.2) is 48.5 Å². The van der Waals surface area contributed by atoms with Gasteiger partial charge in [0.2, 0.25) is 5.91 Å². The van der Waals surface area contributed by atoms with Crippen molar-refractivity contribution in [3.05, 3.63) is 71.0 Å². The minimum Gasteiger partial charge on any atom is -0.497 e. The van der Waals surface area contributed by atoms with Gasteiger partial charge in [0.25, 0.3) is 5.91 Å². The molecular formula is C23H25N3O3. The molecule has 0 aliphatic rings. The third-order valence-electron chi connectivity index (χ3n) is 4.74. The normalized spacial score (nSPS) is 10.5. The number of amides is 2. The molecule has 1 aromatic heterocycles. The SMILES string of the molecule is COc1ccc(-n2c(C)cc(C(=O)Nc3cc(C)ccc3NC(C)=O)c2C)cc1. The molecule has 0 saturated heterocycles. The first-order valence-corrected chi connectivity index (χ1v) is 9.33. The maximum atomic E-state index is 13.0. The summed E-state index contributed by atoms with van der Waals surface area (Å²) in [7, 11) is 1.63. The van der Waals surface area contributed by atoms with Gasteiger partial charge in [0, 0.05) is 24.0 Å². The molecule has 1 heterocycles. The zero-order valence-corrected chi connectivity index (χ0v) is 17.3. The van der Waals surface area contributed by atoms with Gasteiger partial charge in [-0.15, -0.1) is 0 Å². The Labute approximate surface area is 170 Å². The second-order valence-corrected chi connectivity index (χ2v) is 7.00. The van der Waals surface area contributed by atoms with E-state index in [9.17, 15) is 9.59 Å². The molecule has 3 aromatic rings. The predicted molar refractivity (Wildman–Crippen MR) is 115 cm³/mol. The van der Waals surface area contributed by atoms with E-state index in [-0.39, 0.29) is 11.8 Å². The summed E-state index contributed by atoms with van der Waals surface area (Å²) in [6.45, 7) is 7.25. The second-order valence-electron chi connectivity index (χ2n) is 7.00. The highest BCUT2D eigenvalue weighted by atomic mass is 16.5. The number of anilines is 2. The van der Waals surface area contributed by atoms with Crippen LogP contribution in [0.5, 0.6) is 5.75 Å². The number of rotatable bonds is 5. The van der Waals surface area contributed by atoms with E-state index >= 15 is 0 Å². The van der Waals surface area contributed by atoms with E-state index < -0.39 is 0 Å². The fraction of sp³-hybridized carbons (Fsp3) is 0.217. The third-order valence-corrected chi connectivity index (χ3v) is 4.74. The summed E-state index contributed by atoms with van der Waals surface area (Å²) in [5.41, 5.74) is 5.43. The number of hydrogen-bond acceptors (Lipinski definition) is 3. The van der Waals surface area contributed by atoms with Gasteiger partial charge in [-0.05, 0) is 68.8 Å². The van der Waals surface area contributed by atoms with Gasteiger partial charge in [-0.1, -0.05) is 6.07 Å². The number of aryl methyl sites for hydroxylation is 2. The summed E-state index contributed by atoms with van der Waals surface area (Å²) in [5, 5.41) is 5.69. The number of aromatic nitrogens is 1. The van der Waals surface area contributed by atoms with Crippen LogP contribution in [-0.4, -0.2) is 23.5 Å². The van der Waals surface area contributed by atoms with E-state index in [1.165, 1.54) is 6.92 Å². The number of carbonyl (C=O) groups is 2. The van der Waals surface area contributed by atoms with Crippen molar-refractivity contribution in [1.82, 2.24) is 4.57 Å². The molecule has 2 amide bonds.